The first kappa shape index (κ1) is 29.5. The number of methoxy groups -OCH3 is 1. The van der Waals surface area contributed by atoms with Gasteiger partial charge in [0.05, 0.1) is 13.2 Å². The number of hydrogen-bond acceptors (Lipinski definition) is 7. The lowest BCUT2D eigenvalue weighted by Crippen LogP contribution is -2.53. The van der Waals surface area contributed by atoms with Gasteiger partial charge in [-0.05, 0) is 64.4 Å². The van der Waals surface area contributed by atoms with E-state index in [0.29, 0.717) is 17.0 Å². The van der Waals surface area contributed by atoms with Crippen LogP contribution in [-0.4, -0.2) is 53.9 Å². The lowest BCUT2D eigenvalue weighted by atomic mass is 9.98. The summed E-state index contributed by atoms with van der Waals surface area (Å²) in [7, 11) is 1.54. The normalized spacial score (nSPS) is 12.5. The molecule has 2 N–H and O–H groups in total. The number of nitrogens with zero attached hydrogens (tertiary/aromatic N) is 2. The third kappa shape index (κ3) is 8.72. The second-order valence-corrected chi connectivity index (χ2v) is 9.91. The zero-order valence-corrected chi connectivity index (χ0v) is 22.9. The number of benzene rings is 2. The number of alkyl carbamates (subject to hydrolysis) is 1. The highest BCUT2D eigenvalue weighted by atomic mass is 32.1. The lowest BCUT2D eigenvalue weighted by molar-refractivity contribution is -0.139. The molecule has 0 heterocycles. The van der Waals surface area contributed by atoms with Gasteiger partial charge in [-0.25, -0.2) is 4.79 Å². The van der Waals surface area contributed by atoms with Crippen molar-refractivity contribution in [2.75, 3.05) is 24.7 Å². The Morgan fingerprint density at radius 1 is 1.08 bits per heavy atom. The van der Waals surface area contributed by atoms with Crippen LogP contribution in [0.2, 0.25) is 0 Å². The molecule has 2 atom stereocenters. The van der Waals surface area contributed by atoms with Crippen LogP contribution in [0.25, 0.3) is 0 Å². The molecule has 0 aromatic heterocycles. The minimum absolute atomic E-state index is 0.0698. The van der Waals surface area contributed by atoms with E-state index in [9.17, 15) is 19.6 Å². The Balaban J connectivity index is 2.48. The van der Waals surface area contributed by atoms with Crippen LogP contribution in [0.15, 0.2) is 42.5 Å². The van der Waals surface area contributed by atoms with Crippen LogP contribution in [0.3, 0.4) is 0 Å². The fourth-order valence-corrected chi connectivity index (χ4v) is 3.98. The number of anilines is 1. The topological polar surface area (TPSA) is 121 Å². The van der Waals surface area contributed by atoms with E-state index in [4.69, 9.17) is 9.47 Å². The molecular formula is C27H34N4O5S. The maximum absolute atomic E-state index is 13.7. The average Bonchev–Trinajstić information content (AvgIpc) is 2.80. The van der Waals surface area contributed by atoms with Crippen molar-refractivity contribution in [3.05, 3.63) is 59.2 Å². The van der Waals surface area contributed by atoms with Crippen LogP contribution in [0.5, 0.6) is 5.75 Å². The van der Waals surface area contributed by atoms with Crippen LogP contribution < -0.4 is 15.4 Å². The highest BCUT2D eigenvalue weighted by Gasteiger charge is 2.36. The van der Waals surface area contributed by atoms with Gasteiger partial charge in [0.25, 0.3) is 5.91 Å². The first-order valence-electron chi connectivity index (χ1n) is 11.7. The number of ether oxygens (including phenoxy) is 2. The van der Waals surface area contributed by atoms with Crippen molar-refractivity contribution < 1.29 is 23.9 Å². The second-order valence-electron chi connectivity index (χ2n) is 9.55. The Morgan fingerprint density at radius 2 is 1.68 bits per heavy atom. The molecular weight excluding hydrogens is 492 g/mol. The van der Waals surface area contributed by atoms with E-state index in [2.05, 4.69) is 23.3 Å². The zero-order chi connectivity index (χ0) is 27.8. The molecule has 2 aromatic rings. The summed E-state index contributed by atoms with van der Waals surface area (Å²) in [6.45, 7) is 8.47. The van der Waals surface area contributed by atoms with Gasteiger partial charge in [0.2, 0.25) is 5.91 Å². The van der Waals surface area contributed by atoms with Crippen molar-refractivity contribution in [2.45, 2.75) is 52.3 Å². The summed E-state index contributed by atoms with van der Waals surface area (Å²) < 4.78 is 10.4. The van der Waals surface area contributed by atoms with Gasteiger partial charge >= 0.3 is 6.09 Å². The van der Waals surface area contributed by atoms with E-state index >= 15 is 0 Å². The summed E-state index contributed by atoms with van der Waals surface area (Å²) in [5, 5.41) is 14.9. The summed E-state index contributed by atoms with van der Waals surface area (Å²) in [6.07, 6.45) is -0.803. The number of hydrogen-bond donors (Lipinski definition) is 3. The molecule has 37 heavy (non-hydrogen) atoms. The summed E-state index contributed by atoms with van der Waals surface area (Å²) in [4.78, 5) is 40.8. The van der Waals surface area contributed by atoms with Crippen LogP contribution >= 0.6 is 12.6 Å². The Hall–Kier alpha value is -3.71. The molecule has 10 heteroatoms. The number of carbonyl (C=O) groups excluding carboxylic acids is 3. The number of carbonyl (C=O) groups is 3. The van der Waals surface area contributed by atoms with Crippen LogP contribution in [0.1, 0.15) is 43.5 Å². The number of thiol groups is 1. The molecule has 3 amide bonds. The smallest absolute Gasteiger partial charge is 0.408 e. The molecule has 0 bridgehead atoms. The van der Waals surface area contributed by atoms with Gasteiger partial charge in [-0.3, -0.25) is 9.59 Å². The van der Waals surface area contributed by atoms with Crippen LogP contribution in [0, 0.1) is 25.2 Å². The third-order valence-corrected chi connectivity index (χ3v) is 5.54. The number of aryl methyl sites for hydroxylation is 2. The van der Waals surface area contributed by atoms with Crippen molar-refractivity contribution in [3.63, 3.8) is 0 Å². The minimum Gasteiger partial charge on any atom is -0.497 e. The fraction of sp³-hybridized carbons (Fsp3) is 0.407. The van der Waals surface area contributed by atoms with E-state index in [-0.39, 0.29) is 5.75 Å². The predicted octanol–water partition coefficient (Wildman–Crippen LogP) is 4.17. The highest BCUT2D eigenvalue weighted by molar-refractivity contribution is 7.80. The number of amides is 3. The quantitative estimate of drug-likeness (QED) is 0.333. The van der Waals surface area contributed by atoms with E-state index in [1.807, 2.05) is 26.0 Å². The molecule has 2 rings (SSSR count). The van der Waals surface area contributed by atoms with E-state index in [0.717, 1.165) is 16.0 Å². The summed E-state index contributed by atoms with van der Waals surface area (Å²) in [5.74, 6) is -0.611. The molecule has 0 radical (unpaired) electrons. The van der Waals surface area contributed by atoms with Crippen molar-refractivity contribution in [2.24, 2.45) is 0 Å². The minimum atomic E-state index is -1.16. The molecule has 9 nitrogen and oxygen atoms in total. The lowest BCUT2D eigenvalue weighted by Gasteiger charge is -2.32. The first-order valence-corrected chi connectivity index (χ1v) is 12.3. The fourth-order valence-electron chi connectivity index (χ4n) is 3.73. The average molecular weight is 527 g/mol. The SMILES string of the molecule is COc1ccc(NC(=O)C(c2cc(C)cc(C)c2)N(CC#N)C(=O)C(CS)NC(=O)OC(C)(C)C)cc1. The zero-order valence-electron chi connectivity index (χ0n) is 22.0. The van der Waals surface area contributed by atoms with Gasteiger partial charge in [-0.1, -0.05) is 29.3 Å². The van der Waals surface area contributed by atoms with Gasteiger partial charge < -0.3 is 25.0 Å². The van der Waals surface area contributed by atoms with E-state index in [1.54, 1.807) is 57.2 Å². The molecule has 0 aliphatic carbocycles. The van der Waals surface area contributed by atoms with Crippen molar-refractivity contribution in [1.29, 1.82) is 5.26 Å². The van der Waals surface area contributed by atoms with Gasteiger partial charge in [-0.15, -0.1) is 0 Å². The summed E-state index contributed by atoms with van der Waals surface area (Å²) in [6, 6.07) is 11.9. The highest BCUT2D eigenvalue weighted by Crippen LogP contribution is 2.27. The molecule has 2 aromatic carbocycles. The van der Waals surface area contributed by atoms with Crippen LogP contribution in [0.4, 0.5) is 10.5 Å². The van der Waals surface area contributed by atoms with Crippen molar-refractivity contribution in [1.82, 2.24) is 10.2 Å². The summed E-state index contributed by atoms with van der Waals surface area (Å²) in [5.41, 5.74) is 2.02. The van der Waals surface area contributed by atoms with E-state index < -0.39 is 42.1 Å². The maximum Gasteiger partial charge on any atom is 0.408 e. The molecule has 0 fully saturated rings. The number of nitriles is 1. The largest absolute Gasteiger partial charge is 0.497 e. The molecule has 2 unspecified atom stereocenters. The third-order valence-electron chi connectivity index (χ3n) is 5.17. The molecule has 0 spiro atoms. The monoisotopic (exact) mass is 526 g/mol. The van der Waals surface area contributed by atoms with Crippen molar-refractivity contribution in [3.8, 4) is 11.8 Å². The van der Waals surface area contributed by atoms with Gasteiger partial charge in [0, 0.05) is 11.4 Å². The second kappa shape index (κ2) is 13.0. The molecule has 0 aliphatic rings. The van der Waals surface area contributed by atoms with Gasteiger partial charge in [0.15, 0.2) is 0 Å². The molecule has 0 saturated carbocycles. The first-order chi connectivity index (χ1) is 17.4. The Labute approximate surface area is 223 Å². The van der Waals surface area contributed by atoms with Crippen molar-refractivity contribution >= 4 is 36.2 Å². The van der Waals surface area contributed by atoms with E-state index in [1.165, 1.54) is 7.11 Å². The molecule has 0 saturated heterocycles. The number of rotatable bonds is 9. The standard InChI is InChI=1S/C27H34N4O5S/c1-17-13-18(2)15-19(14-17)23(24(32)29-20-7-9-21(35-6)10-8-20)31(12-11-28)25(33)22(16-37)30-26(34)36-27(3,4)5/h7-10,13-15,22-23,37H,12,16H2,1-6H3,(H,29,32)(H,30,34). The maximum atomic E-state index is 13.7. The van der Waals surface area contributed by atoms with Gasteiger partial charge in [-0.2, -0.15) is 17.9 Å². The molecule has 198 valence electrons. The van der Waals surface area contributed by atoms with Gasteiger partial charge in [0.1, 0.15) is 30.0 Å². The number of nitrogens with one attached hydrogen (secondary N) is 2. The molecule has 0 aliphatic heterocycles. The Morgan fingerprint density at radius 3 is 2.16 bits per heavy atom. The Kier molecular flexibility index (Phi) is 10.4. The van der Waals surface area contributed by atoms with Crippen LogP contribution in [-0.2, 0) is 14.3 Å². The predicted molar refractivity (Wildman–Crippen MR) is 145 cm³/mol. The summed E-state index contributed by atoms with van der Waals surface area (Å²) >= 11 is 4.23. The Bertz CT molecular complexity index is 1130.